The highest BCUT2D eigenvalue weighted by Gasteiger charge is 2.16. The summed E-state index contributed by atoms with van der Waals surface area (Å²) in [7, 11) is 0. The number of aryl methyl sites for hydroxylation is 1. The zero-order chi connectivity index (χ0) is 23.9. The van der Waals surface area contributed by atoms with E-state index in [1.165, 1.54) is 17.8 Å². The van der Waals surface area contributed by atoms with E-state index in [-0.39, 0.29) is 5.56 Å². The highest BCUT2D eigenvalue weighted by molar-refractivity contribution is 7.98. The minimum absolute atomic E-state index is 0.181. The number of pyridine rings is 1. The maximum atomic E-state index is 13.5. The van der Waals surface area contributed by atoms with Crippen molar-refractivity contribution in [3.05, 3.63) is 117 Å². The number of hydrogen-bond donors (Lipinski definition) is 0. The predicted octanol–water partition coefficient (Wildman–Crippen LogP) is 5.64. The van der Waals surface area contributed by atoms with Crippen LogP contribution in [-0.2, 0) is 5.75 Å². The van der Waals surface area contributed by atoms with Crippen LogP contribution in [0.25, 0.3) is 38.5 Å². The van der Waals surface area contributed by atoms with E-state index in [9.17, 15) is 9.59 Å². The van der Waals surface area contributed by atoms with Gasteiger partial charge in [0.25, 0.3) is 5.56 Å². The van der Waals surface area contributed by atoms with E-state index in [0.717, 1.165) is 27.3 Å². The molecule has 0 radical (unpaired) electrons. The molecule has 6 aromatic rings. The van der Waals surface area contributed by atoms with E-state index in [0.29, 0.717) is 33.2 Å². The second-order valence-electron chi connectivity index (χ2n) is 8.28. The lowest BCUT2D eigenvalue weighted by Gasteiger charge is -2.13. The Kier molecular flexibility index (Phi) is 5.19. The van der Waals surface area contributed by atoms with Crippen molar-refractivity contribution >= 4 is 44.4 Å². The quantitative estimate of drug-likeness (QED) is 0.142. The first kappa shape index (κ1) is 21.3. The number of nitrogens with zero attached hydrogens (tertiary/aromatic N) is 3. The van der Waals surface area contributed by atoms with E-state index >= 15 is 0 Å². The maximum absolute atomic E-state index is 13.5. The van der Waals surface area contributed by atoms with E-state index < -0.39 is 5.63 Å². The summed E-state index contributed by atoms with van der Waals surface area (Å²) in [6, 6.07) is 24.3. The van der Waals surface area contributed by atoms with Gasteiger partial charge in [-0.25, -0.2) is 19.3 Å². The minimum Gasteiger partial charge on any atom is -0.423 e. The first-order valence-corrected chi connectivity index (χ1v) is 12.1. The molecule has 170 valence electrons. The standard InChI is InChI=1S/C28H19N3O3S/c1-17-12-13-29-24(14-17)31-27(33)21-8-4-5-9-22(21)30-28(31)35-16-19-15-25(32)34-23-11-10-18-6-2-3-7-20(18)26(19)23/h2-15H,16H2,1H3. The number of rotatable bonds is 4. The van der Waals surface area contributed by atoms with E-state index in [4.69, 9.17) is 9.40 Å². The Labute approximate surface area is 203 Å². The molecule has 0 fully saturated rings. The van der Waals surface area contributed by atoms with Crippen molar-refractivity contribution in [2.75, 3.05) is 0 Å². The average Bonchev–Trinajstić information content (AvgIpc) is 2.87. The minimum atomic E-state index is -0.410. The van der Waals surface area contributed by atoms with E-state index in [1.807, 2.05) is 73.7 Å². The summed E-state index contributed by atoms with van der Waals surface area (Å²) in [5.74, 6) is 0.936. The van der Waals surface area contributed by atoms with Crippen LogP contribution in [0.5, 0.6) is 0 Å². The Morgan fingerprint density at radius 2 is 1.71 bits per heavy atom. The third-order valence-corrected chi connectivity index (χ3v) is 6.93. The summed E-state index contributed by atoms with van der Waals surface area (Å²) in [6.45, 7) is 1.96. The van der Waals surface area contributed by atoms with Crippen LogP contribution in [0.15, 0.2) is 104 Å². The van der Waals surface area contributed by atoms with E-state index in [1.54, 1.807) is 16.8 Å². The Hall–Kier alpha value is -4.23. The van der Waals surface area contributed by atoms with Gasteiger partial charge in [0.05, 0.1) is 10.9 Å². The molecule has 0 bridgehead atoms. The fraction of sp³-hybridized carbons (Fsp3) is 0.0714. The Balaban J connectivity index is 1.53. The first-order chi connectivity index (χ1) is 17.1. The van der Waals surface area contributed by atoms with Gasteiger partial charge in [0, 0.05) is 23.4 Å². The van der Waals surface area contributed by atoms with Crippen LogP contribution in [0.3, 0.4) is 0 Å². The summed E-state index contributed by atoms with van der Waals surface area (Å²) < 4.78 is 7.05. The molecule has 0 amide bonds. The molecule has 3 aromatic heterocycles. The van der Waals surface area contributed by atoms with Gasteiger partial charge in [0.2, 0.25) is 0 Å². The second kappa shape index (κ2) is 8.52. The van der Waals surface area contributed by atoms with Gasteiger partial charge < -0.3 is 4.42 Å². The molecule has 0 unspecified atom stereocenters. The first-order valence-electron chi connectivity index (χ1n) is 11.1. The largest absolute Gasteiger partial charge is 0.423 e. The van der Waals surface area contributed by atoms with E-state index in [2.05, 4.69) is 4.98 Å². The number of thioether (sulfide) groups is 1. The molecule has 35 heavy (non-hydrogen) atoms. The molecule has 0 saturated carbocycles. The van der Waals surface area contributed by atoms with Crippen LogP contribution in [-0.4, -0.2) is 14.5 Å². The molecule has 0 spiro atoms. The molecule has 3 aromatic carbocycles. The van der Waals surface area contributed by atoms with Gasteiger partial charge in [-0.15, -0.1) is 0 Å². The van der Waals surface area contributed by atoms with Gasteiger partial charge >= 0.3 is 5.63 Å². The smallest absolute Gasteiger partial charge is 0.336 e. The Bertz CT molecular complexity index is 1870. The SMILES string of the molecule is Cc1ccnc(-n2c(SCc3cc(=O)oc4ccc5ccccc5c34)nc3ccccc3c2=O)c1. The Morgan fingerprint density at radius 1 is 0.914 bits per heavy atom. The summed E-state index contributed by atoms with van der Waals surface area (Å²) in [4.78, 5) is 35.1. The van der Waals surface area contributed by atoms with Crippen molar-refractivity contribution in [2.45, 2.75) is 17.8 Å². The lowest BCUT2D eigenvalue weighted by atomic mass is 10.0. The van der Waals surface area contributed by atoms with Gasteiger partial charge in [-0.2, -0.15) is 0 Å². The molecule has 0 saturated heterocycles. The van der Waals surface area contributed by atoms with Gasteiger partial charge in [0.15, 0.2) is 5.16 Å². The topological polar surface area (TPSA) is 78.0 Å². The molecule has 7 heteroatoms. The third kappa shape index (κ3) is 3.80. The molecule has 0 aliphatic rings. The molecule has 0 aliphatic heterocycles. The molecule has 0 aliphatic carbocycles. The zero-order valence-corrected chi connectivity index (χ0v) is 19.6. The lowest BCUT2D eigenvalue weighted by molar-refractivity contribution is 0.560. The van der Waals surface area contributed by atoms with Crippen LogP contribution in [0, 0.1) is 6.92 Å². The van der Waals surface area contributed by atoms with Gasteiger partial charge in [-0.05, 0) is 59.2 Å². The molecular weight excluding hydrogens is 458 g/mol. The number of hydrogen-bond acceptors (Lipinski definition) is 6. The van der Waals surface area contributed by atoms with Crippen molar-refractivity contribution < 1.29 is 4.42 Å². The second-order valence-corrected chi connectivity index (χ2v) is 9.23. The molecule has 0 atom stereocenters. The summed E-state index contributed by atoms with van der Waals surface area (Å²) >= 11 is 1.39. The maximum Gasteiger partial charge on any atom is 0.336 e. The highest BCUT2D eigenvalue weighted by atomic mass is 32.2. The van der Waals surface area contributed by atoms with Crippen molar-refractivity contribution in [3.8, 4) is 5.82 Å². The lowest BCUT2D eigenvalue weighted by Crippen LogP contribution is -2.22. The third-order valence-electron chi connectivity index (χ3n) is 5.95. The predicted molar refractivity (Wildman–Crippen MR) is 139 cm³/mol. The fourth-order valence-corrected chi connectivity index (χ4v) is 5.31. The monoisotopic (exact) mass is 477 g/mol. The van der Waals surface area contributed by atoms with Crippen molar-refractivity contribution in [3.63, 3.8) is 0 Å². The highest BCUT2D eigenvalue weighted by Crippen LogP contribution is 2.31. The average molecular weight is 478 g/mol. The molecule has 3 heterocycles. The summed E-state index contributed by atoms with van der Waals surface area (Å²) in [5, 5.41) is 3.99. The van der Waals surface area contributed by atoms with Gasteiger partial charge in [-0.1, -0.05) is 54.2 Å². The normalized spacial score (nSPS) is 11.5. The van der Waals surface area contributed by atoms with Crippen LogP contribution >= 0.6 is 11.8 Å². The van der Waals surface area contributed by atoms with Crippen molar-refractivity contribution in [1.82, 2.24) is 14.5 Å². The van der Waals surface area contributed by atoms with Gasteiger partial charge in [-0.3, -0.25) is 4.79 Å². The number of benzene rings is 3. The fourth-order valence-electron chi connectivity index (χ4n) is 4.33. The Morgan fingerprint density at radius 3 is 2.57 bits per heavy atom. The van der Waals surface area contributed by atoms with Crippen LogP contribution in [0.1, 0.15) is 11.1 Å². The summed E-state index contributed by atoms with van der Waals surface area (Å²) in [5.41, 5.74) is 2.38. The number of aromatic nitrogens is 3. The van der Waals surface area contributed by atoms with Crippen LogP contribution in [0.2, 0.25) is 0 Å². The van der Waals surface area contributed by atoms with Crippen LogP contribution < -0.4 is 11.2 Å². The molecular formula is C28H19N3O3S. The molecule has 0 N–H and O–H groups in total. The molecule has 6 rings (SSSR count). The summed E-state index contributed by atoms with van der Waals surface area (Å²) in [6.07, 6.45) is 1.68. The van der Waals surface area contributed by atoms with Crippen molar-refractivity contribution in [1.29, 1.82) is 0 Å². The molecule has 6 nitrogen and oxygen atoms in total. The number of fused-ring (bicyclic) bond motifs is 4. The van der Waals surface area contributed by atoms with Crippen molar-refractivity contribution in [2.24, 2.45) is 0 Å². The zero-order valence-electron chi connectivity index (χ0n) is 18.8. The van der Waals surface area contributed by atoms with Gasteiger partial charge in [0.1, 0.15) is 11.4 Å². The number of para-hydroxylation sites is 1. The van der Waals surface area contributed by atoms with Crippen LogP contribution in [0.4, 0.5) is 0 Å².